The van der Waals surface area contributed by atoms with Crippen molar-refractivity contribution in [2.75, 3.05) is 19.6 Å². The van der Waals surface area contributed by atoms with Crippen LogP contribution in [0.5, 0.6) is 0 Å². The van der Waals surface area contributed by atoms with Gasteiger partial charge < -0.3 is 16.0 Å². The van der Waals surface area contributed by atoms with Gasteiger partial charge in [0.25, 0.3) is 0 Å². The molecule has 1 aliphatic rings. The molecule has 110 valence electrons. The van der Waals surface area contributed by atoms with Gasteiger partial charge in [-0.2, -0.15) is 0 Å². The number of hydrogen-bond acceptors (Lipinski definition) is 3. The Balaban J connectivity index is 2.01. The molecule has 1 fully saturated rings. The molecule has 3 N–H and O–H groups in total. The van der Waals surface area contributed by atoms with E-state index in [0.29, 0.717) is 6.42 Å². The van der Waals surface area contributed by atoms with Crippen molar-refractivity contribution in [1.29, 1.82) is 0 Å². The van der Waals surface area contributed by atoms with Crippen molar-refractivity contribution in [2.45, 2.75) is 38.3 Å². The topological polar surface area (TPSA) is 58.4 Å². The lowest BCUT2D eigenvalue weighted by Crippen LogP contribution is -2.38. The molecular weight excluding hydrogens is 250 g/mol. The Bertz CT molecular complexity index is 413. The largest absolute Gasteiger partial charge is 0.348 e. The second-order valence-corrected chi connectivity index (χ2v) is 5.72. The highest BCUT2D eigenvalue weighted by Crippen LogP contribution is 2.17. The van der Waals surface area contributed by atoms with E-state index in [1.807, 2.05) is 25.1 Å². The van der Waals surface area contributed by atoms with Crippen LogP contribution in [-0.2, 0) is 4.79 Å². The van der Waals surface area contributed by atoms with Gasteiger partial charge in [0, 0.05) is 19.0 Å². The Morgan fingerprint density at radius 3 is 2.55 bits per heavy atom. The van der Waals surface area contributed by atoms with E-state index in [2.05, 4.69) is 22.3 Å². The molecule has 2 atom stereocenters. The summed E-state index contributed by atoms with van der Waals surface area (Å²) >= 11 is 0. The van der Waals surface area contributed by atoms with Crippen LogP contribution in [0, 0.1) is 0 Å². The van der Waals surface area contributed by atoms with Gasteiger partial charge in [-0.15, -0.1) is 0 Å². The molecule has 4 nitrogen and oxygen atoms in total. The number of amides is 1. The maximum atomic E-state index is 12.0. The number of carbonyl (C=O) groups is 1. The molecule has 0 spiro atoms. The van der Waals surface area contributed by atoms with Gasteiger partial charge in [0.1, 0.15) is 0 Å². The minimum absolute atomic E-state index is 0.0352. The summed E-state index contributed by atoms with van der Waals surface area (Å²) in [6.07, 6.45) is 2.90. The average molecular weight is 275 g/mol. The van der Waals surface area contributed by atoms with E-state index in [4.69, 9.17) is 5.73 Å². The van der Waals surface area contributed by atoms with Crippen molar-refractivity contribution in [3.8, 4) is 0 Å². The van der Waals surface area contributed by atoms with Gasteiger partial charge in [0.2, 0.25) is 5.91 Å². The van der Waals surface area contributed by atoms with Crippen molar-refractivity contribution in [1.82, 2.24) is 10.2 Å². The number of benzene rings is 1. The lowest BCUT2D eigenvalue weighted by molar-refractivity contribution is -0.122. The number of hydrogen-bond donors (Lipinski definition) is 2. The van der Waals surface area contributed by atoms with Crippen LogP contribution in [0.15, 0.2) is 30.3 Å². The zero-order valence-electron chi connectivity index (χ0n) is 12.2. The molecule has 20 heavy (non-hydrogen) atoms. The fourth-order valence-corrected chi connectivity index (χ4v) is 2.69. The molecule has 1 saturated heterocycles. The Kier molecular flexibility index (Phi) is 5.56. The molecule has 0 aliphatic carbocycles. The van der Waals surface area contributed by atoms with Crippen LogP contribution in [0.4, 0.5) is 0 Å². The fourth-order valence-electron chi connectivity index (χ4n) is 2.69. The summed E-state index contributed by atoms with van der Waals surface area (Å²) in [6.45, 7) is 5.01. The lowest BCUT2D eigenvalue weighted by Gasteiger charge is -2.25. The average Bonchev–Trinajstić information content (AvgIpc) is 2.91. The van der Waals surface area contributed by atoms with Gasteiger partial charge in [-0.05, 0) is 38.4 Å². The smallest absolute Gasteiger partial charge is 0.222 e. The Labute approximate surface area is 121 Å². The standard InChI is InChI=1S/C16H25N3O/c1-13(17)11-16(20)18-15(12-19-9-5-6-10-19)14-7-3-2-4-8-14/h2-4,7-8,13,15H,5-6,9-12,17H2,1H3,(H,18,20). The van der Waals surface area contributed by atoms with Gasteiger partial charge in [0.05, 0.1) is 6.04 Å². The van der Waals surface area contributed by atoms with Crippen molar-refractivity contribution in [2.24, 2.45) is 5.73 Å². The Morgan fingerprint density at radius 2 is 1.95 bits per heavy atom. The van der Waals surface area contributed by atoms with Crippen LogP contribution in [0.2, 0.25) is 0 Å². The normalized spacial score (nSPS) is 18.7. The molecule has 1 amide bonds. The SMILES string of the molecule is CC(N)CC(=O)NC(CN1CCCC1)c1ccccc1. The van der Waals surface area contributed by atoms with Gasteiger partial charge in [-0.3, -0.25) is 4.79 Å². The van der Waals surface area contributed by atoms with Crippen molar-refractivity contribution in [3.05, 3.63) is 35.9 Å². The molecule has 1 aromatic rings. The molecule has 0 bridgehead atoms. The number of nitrogens with two attached hydrogens (primary N) is 1. The molecular formula is C16H25N3O. The van der Waals surface area contributed by atoms with Gasteiger partial charge >= 0.3 is 0 Å². The van der Waals surface area contributed by atoms with E-state index in [9.17, 15) is 4.79 Å². The third-order valence-electron chi connectivity index (χ3n) is 3.68. The predicted octanol–water partition coefficient (Wildman–Crippen LogP) is 1.68. The number of carbonyl (C=O) groups excluding carboxylic acids is 1. The third-order valence-corrected chi connectivity index (χ3v) is 3.68. The first-order valence-electron chi connectivity index (χ1n) is 7.47. The Morgan fingerprint density at radius 1 is 1.30 bits per heavy atom. The third kappa shape index (κ3) is 4.62. The molecule has 0 saturated carbocycles. The quantitative estimate of drug-likeness (QED) is 0.830. The van der Waals surface area contributed by atoms with E-state index in [-0.39, 0.29) is 18.0 Å². The molecule has 0 aromatic heterocycles. The van der Waals surface area contributed by atoms with Gasteiger partial charge in [-0.1, -0.05) is 30.3 Å². The molecule has 2 rings (SSSR count). The molecule has 1 aromatic carbocycles. The van der Waals surface area contributed by atoms with E-state index >= 15 is 0 Å². The first-order chi connectivity index (χ1) is 9.65. The van der Waals surface area contributed by atoms with Crippen LogP contribution >= 0.6 is 0 Å². The summed E-state index contributed by atoms with van der Waals surface area (Å²) in [4.78, 5) is 14.4. The summed E-state index contributed by atoms with van der Waals surface area (Å²) in [7, 11) is 0. The van der Waals surface area contributed by atoms with Crippen LogP contribution in [0.3, 0.4) is 0 Å². The predicted molar refractivity (Wildman–Crippen MR) is 81.3 cm³/mol. The maximum absolute atomic E-state index is 12.0. The second-order valence-electron chi connectivity index (χ2n) is 5.72. The minimum atomic E-state index is -0.0989. The first-order valence-corrected chi connectivity index (χ1v) is 7.47. The van der Waals surface area contributed by atoms with Crippen molar-refractivity contribution < 1.29 is 4.79 Å². The van der Waals surface area contributed by atoms with E-state index in [0.717, 1.165) is 25.2 Å². The highest BCUT2D eigenvalue weighted by molar-refractivity contribution is 5.77. The summed E-state index contributed by atoms with van der Waals surface area (Å²) < 4.78 is 0. The summed E-state index contributed by atoms with van der Waals surface area (Å²) in [5.41, 5.74) is 6.86. The minimum Gasteiger partial charge on any atom is -0.348 e. The van der Waals surface area contributed by atoms with Gasteiger partial charge in [-0.25, -0.2) is 0 Å². The molecule has 4 heteroatoms. The van der Waals surface area contributed by atoms with Crippen LogP contribution in [-0.4, -0.2) is 36.5 Å². The van der Waals surface area contributed by atoms with Crippen molar-refractivity contribution >= 4 is 5.91 Å². The highest BCUT2D eigenvalue weighted by Gasteiger charge is 2.20. The molecule has 2 unspecified atom stereocenters. The molecule has 0 radical (unpaired) electrons. The van der Waals surface area contributed by atoms with Gasteiger partial charge in [0.15, 0.2) is 0 Å². The molecule has 1 heterocycles. The summed E-state index contributed by atoms with van der Waals surface area (Å²) in [5, 5.41) is 3.13. The van der Waals surface area contributed by atoms with Crippen LogP contribution in [0.1, 0.15) is 37.8 Å². The Hall–Kier alpha value is -1.39. The fraction of sp³-hybridized carbons (Fsp3) is 0.562. The zero-order chi connectivity index (χ0) is 14.4. The zero-order valence-corrected chi connectivity index (χ0v) is 12.2. The summed E-state index contributed by atoms with van der Waals surface area (Å²) in [5.74, 6) is 0.0352. The lowest BCUT2D eigenvalue weighted by atomic mass is 10.1. The highest BCUT2D eigenvalue weighted by atomic mass is 16.1. The summed E-state index contributed by atoms with van der Waals surface area (Å²) in [6, 6.07) is 10.1. The van der Waals surface area contributed by atoms with E-state index in [1.54, 1.807) is 0 Å². The molecule has 1 aliphatic heterocycles. The van der Waals surface area contributed by atoms with E-state index in [1.165, 1.54) is 12.8 Å². The monoisotopic (exact) mass is 275 g/mol. The number of nitrogens with one attached hydrogen (secondary N) is 1. The van der Waals surface area contributed by atoms with Crippen molar-refractivity contribution in [3.63, 3.8) is 0 Å². The number of likely N-dealkylation sites (tertiary alicyclic amines) is 1. The van der Waals surface area contributed by atoms with Crippen LogP contribution in [0.25, 0.3) is 0 Å². The number of nitrogens with zero attached hydrogens (tertiary/aromatic N) is 1. The first kappa shape index (κ1) is 15.0. The maximum Gasteiger partial charge on any atom is 0.222 e. The van der Waals surface area contributed by atoms with E-state index < -0.39 is 0 Å². The number of rotatable bonds is 6. The van der Waals surface area contributed by atoms with Crippen LogP contribution < -0.4 is 11.1 Å². The second kappa shape index (κ2) is 7.41.